The van der Waals surface area contributed by atoms with E-state index < -0.39 is 11.7 Å². The molecule has 0 aromatic heterocycles. The maximum absolute atomic E-state index is 12.4. The summed E-state index contributed by atoms with van der Waals surface area (Å²) in [6, 6.07) is 5.46. The third-order valence-electron chi connectivity index (χ3n) is 3.12. The molecule has 1 aliphatic heterocycles. The van der Waals surface area contributed by atoms with Crippen molar-refractivity contribution in [2.45, 2.75) is 19.1 Å². The molecule has 0 unspecified atom stereocenters. The molecular weight excluding hydrogens is 241 g/mol. The van der Waals surface area contributed by atoms with Crippen molar-refractivity contribution in [2.75, 3.05) is 26.2 Å². The molecule has 1 heterocycles. The molecule has 1 saturated heterocycles. The van der Waals surface area contributed by atoms with E-state index in [0.717, 1.165) is 56.8 Å². The largest absolute Gasteiger partial charge is 0.416 e. The summed E-state index contributed by atoms with van der Waals surface area (Å²) in [5.41, 5.74) is 0.355. The number of rotatable bonds is 2. The molecule has 1 aliphatic rings. The Bertz CT molecular complexity index is 365. The molecule has 1 aromatic carbocycles. The first-order chi connectivity index (χ1) is 8.55. The van der Waals surface area contributed by atoms with Gasteiger partial charge in [-0.2, -0.15) is 13.2 Å². The number of nitrogens with one attached hydrogen (secondary N) is 1. The second kappa shape index (κ2) is 5.71. The van der Waals surface area contributed by atoms with Gasteiger partial charge in [-0.25, -0.2) is 0 Å². The van der Waals surface area contributed by atoms with Crippen LogP contribution in [0.1, 0.15) is 17.5 Å². The fourth-order valence-corrected chi connectivity index (χ4v) is 2.12. The summed E-state index contributed by atoms with van der Waals surface area (Å²) in [6.45, 7) is 4.62. The molecule has 1 fully saturated rings. The van der Waals surface area contributed by atoms with Crippen molar-refractivity contribution in [2.24, 2.45) is 0 Å². The van der Waals surface area contributed by atoms with E-state index in [1.165, 1.54) is 0 Å². The average molecular weight is 258 g/mol. The van der Waals surface area contributed by atoms with Gasteiger partial charge in [-0.3, -0.25) is 4.90 Å². The van der Waals surface area contributed by atoms with Crippen molar-refractivity contribution >= 4 is 0 Å². The van der Waals surface area contributed by atoms with Gasteiger partial charge in [0.2, 0.25) is 0 Å². The molecule has 0 spiro atoms. The Labute approximate surface area is 105 Å². The Balaban J connectivity index is 1.97. The third-order valence-corrected chi connectivity index (χ3v) is 3.12. The van der Waals surface area contributed by atoms with Crippen LogP contribution < -0.4 is 5.32 Å². The van der Waals surface area contributed by atoms with Crippen LogP contribution in [0.25, 0.3) is 0 Å². The van der Waals surface area contributed by atoms with Crippen molar-refractivity contribution in [1.29, 1.82) is 0 Å². The number of alkyl halides is 3. The molecule has 0 aliphatic carbocycles. The highest BCUT2D eigenvalue weighted by atomic mass is 19.4. The van der Waals surface area contributed by atoms with Crippen molar-refractivity contribution in [3.63, 3.8) is 0 Å². The lowest BCUT2D eigenvalue weighted by molar-refractivity contribution is -0.137. The average Bonchev–Trinajstić information content (AvgIpc) is 2.57. The Kier molecular flexibility index (Phi) is 4.24. The van der Waals surface area contributed by atoms with Crippen LogP contribution >= 0.6 is 0 Å². The normalized spacial score (nSPS) is 18.6. The van der Waals surface area contributed by atoms with Gasteiger partial charge in [0.25, 0.3) is 0 Å². The molecule has 1 aromatic rings. The molecule has 5 heteroatoms. The number of hydrogen-bond donors (Lipinski definition) is 1. The maximum Gasteiger partial charge on any atom is 0.416 e. The van der Waals surface area contributed by atoms with Crippen LogP contribution in [0.2, 0.25) is 0 Å². The van der Waals surface area contributed by atoms with Crippen LogP contribution in [0.3, 0.4) is 0 Å². The number of hydrogen-bond acceptors (Lipinski definition) is 2. The van der Waals surface area contributed by atoms with E-state index in [4.69, 9.17) is 0 Å². The van der Waals surface area contributed by atoms with Crippen molar-refractivity contribution in [1.82, 2.24) is 10.2 Å². The second-order valence-electron chi connectivity index (χ2n) is 4.57. The minimum atomic E-state index is -4.24. The SMILES string of the molecule is FC(F)(F)c1ccc(CN2CCCNCC2)cc1. The fraction of sp³-hybridized carbons (Fsp3) is 0.538. The Morgan fingerprint density at radius 3 is 2.44 bits per heavy atom. The molecule has 0 radical (unpaired) electrons. The molecule has 18 heavy (non-hydrogen) atoms. The molecule has 2 rings (SSSR count). The molecule has 0 saturated carbocycles. The number of benzene rings is 1. The van der Waals surface area contributed by atoms with Crippen LogP contribution in [-0.2, 0) is 12.7 Å². The van der Waals surface area contributed by atoms with Crippen LogP contribution in [0.15, 0.2) is 24.3 Å². The lowest BCUT2D eigenvalue weighted by atomic mass is 10.1. The summed E-state index contributed by atoms with van der Waals surface area (Å²) >= 11 is 0. The highest BCUT2D eigenvalue weighted by molar-refractivity contribution is 5.24. The molecule has 0 bridgehead atoms. The van der Waals surface area contributed by atoms with Gasteiger partial charge in [0.05, 0.1) is 5.56 Å². The lowest BCUT2D eigenvalue weighted by Crippen LogP contribution is -2.27. The molecule has 0 atom stereocenters. The summed E-state index contributed by atoms with van der Waals surface area (Å²) in [4.78, 5) is 2.27. The smallest absolute Gasteiger partial charge is 0.315 e. The lowest BCUT2D eigenvalue weighted by Gasteiger charge is -2.19. The van der Waals surface area contributed by atoms with E-state index in [9.17, 15) is 13.2 Å². The summed E-state index contributed by atoms with van der Waals surface area (Å²) in [6.07, 6.45) is -3.16. The maximum atomic E-state index is 12.4. The van der Waals surface area contributed by atoms with Crippen molar-refractivity contribution in [3.8, 4) is 0 Å². The first-order valence-electron chi connectivity index (χ1n) is 6.15. The summed E-state index contributed by atoms with van der Waals surface area (Å²) < 4.78 is 37.2. The monoisotopic (exact) mass is 258 g/mol. The molecule has 0 amide bonds. The third kappa shape index (κ3) is 3.71. The quantitative estimate of drug-likeness (QED) is 0.876. The predicted molar refractivity (Wildman–Crippen MR) is 64.2 cm³/mol. The molecular formula is C13H17F3N2. The van der Waals surface area contributed by atoms with E-state index in [0.29, 0.717) is 0 Å². The highest BCUT2D eigenvalue weighted by Gasteiger charge is 2.29. The minimum Gasteiger partial charge on any atom is -0.315 e. The zero-order chi connectivity index (χ0) is 13.0. The van der Waals surface area contributed by atoms with Crippen molar-refractivity contribution in [3.05, 3.63) is 35.4 Å². The summed E-state index contributed by atoms with van der Waals surface area (Å²) in [5, 5.41) is 3.30. The minimum absolute atomic E-state index is 0.580. The van der Waals surface area contributed by atoms with E-state index in [-0.39, 0.29) is 0 Å². The number of nitrogens with zero attached hydrogens (tertiary/aromatic N) is 1. The predicted octanol–water partition coefficient (Wildman–Crippen LogP) is 2.50. The highest BCUT2D eigenvalue weighted by Crippen LogP contribution is 2.29. The summed E-state index contributed by atoms with van der Waals surface area (Å²) in [5.74, 6) is 0. The standard InChI is InChI=1S/C13H17F3N2/c14-13(15,16)12-4-2-11(3-5-12)10-18-8-1-6-17-7-9-18/h2-5,17H,1,6-10H2. The molecule has 1 N–H and O–H groups in total. The Morgan fingerprint density at radius 1 is 1.06 bits per heavy atom. The van der Waals surface area contributed by atoms with Crippen LogP contribution in [0.5, 0.6) is 0 Å². The van der Waals surface area contributed by atoms with E-state index >= 15 is 0 Å². The van der Waals surface area contributed by atoms with Gasteiger partial charge in [-0.15, -0.1) is 0 Å². The first kappa shape index (κ1) is 13.4. The number of halogens is 3. The zero-order valence-corrected chi connectivity index (χ0v) is 10.1. The second-order valence-corrected chi connectivity index (χ2v) is 4.57. The topological polar surface area (TPSA) is 15.3 Å². The van der Waals surface area contributed by atoms with Gasteiger partial charge < -0.3 is 5.32 Å². The zero-order valence-electron chi connectivity index (χ0n) is 10.1. The molecule has 100 valence electrons. The first-order valence-corrected chi connectivity index (χ1v) is 6.15. The Hall–Kier alpha value is -1.07. The fourth-order valence-electron chi connectivity index (χ4n) is 2.12. The summed E-state index contributed by atoms with van der Waals surface area (Å²) in [7, 11) is 0. The van der Waals surface area contributed by atoms with Crippen LogP contribution in [-0.4, -0.2) is 31.1 Å². The van der Waals surface area contributed by atoms with E-state index in [1.54, 1.807) is 12.1 Å². The van der Waals surface area contributed by atoms with Gasteiger partial charge in [0, 0.05) is 19.6 Å². The van der Waals surface area contributed by atoms with Gasteiger partial charge in [0.15, 0.2) is 0 Å². The van der Waals surface area contributed by atoms with Crippen LogP contribution in [0, 0.1) is 0 Å². The van der Waals surface area contributed by atoms with Crippen molar-refractivity contribution < 1.29 is 13.2 Å². The van der Waals surface area contributed by atoms with Gasteiger partial charge in [-0.05, 0) is 37.2 Å². The molecule has 2 nitrogen and oxygen atoms in total. The van der Waals surface area contributed by atoms with Gasteiger partial charge in [0.1, 0.15) is 0 Å². The van der Waals surface area contributed by atoms with E-state index in [1.807, 2.05) is 0 Å². The van der Waals surface area contributed by atoms with Crippen LogP contribution in [0.4, 0.5) is 13.2 Å². The Morgan fingerprint density at radius 2 is 1.78 bits per heavy atom. The van der Waals surface area contributed by atoms with Gasteiger partial charge >= 0.3 is 6.18 Å². The van der Waals surface area contributed by atoms with Gasteiger partial charge in [-0.1, -0.05) is 12.1 Å². The van der Waals surface area contributed by atoms with E-state index in [2.05, 4.69) is 10.2 Å².